The number of carbonyl (C=O) groups excluding carboxylic acids is 1. The molecule has 0 aliphatic heterocycles. The lowest BCUT2D eigenvalue weighted by molar-refractivity contribution is 0.0943. The summed E-state index contributed by atoms with van der Waals surface area (Å²) in [6.45, 7) is 0. The predicted molar refractivity (Wildman–Crippen MR) is 101 cm³/mol. The molecule has 0 bridgehead atoms. The first kappa shape index (κ1) is 16.7. The van der Waals surface area contributed by atoms with Crippen LogP contribution in [0.2, 0.25) is 5.02 Å². The maximum absolute atomic E-state index is 12.7. The molecule has 1 saturated carbocycles. The van der Waals surface area contributed by atoms with Crippen LogP contribution < -0.4 is 10.1 Å². The van der Waals surface area contributed by atoms with Crippen molar-refractivity contribution in [1.29, 1.82) is 0 Å². The first-order valence-electron chi connectivity index (χ1n) is 8.45. The van der Waals surface area contributed by atoms with Crippen LogP contribution in [0.1, 0.15) is 23.3 Å². The van der Waals surface area contributed by atoms with E-state index in [1.54, 1.807) is 23.9 Å². The lowest BCUT2D eigenvalue weighted by Crippen LogP contribution is -2.27. The van der Waals surface area contributed by atoms with Crippen molar-refractivity contribution in [1.82, 2.24) is 15.1 Å². The fourth-order valence-corrected chi connectivity index (χ4v) is 2.84. The Labute approximate surface area is 156 Å². The van der Waals surface area contributed by atoms with E-state index >= 15 is 0 Å². The van der Waals surface area contributed by atoms with Gasteiger partial charge in [-0.25, -0.2) is 4.68 Å². The van der Waals surface area contributed by atoms with Crippen LogP contribution in [0.4, 0.5) is 0 Å². The molecule has 4 rings (SSSR count). The summed E-state index contributed by atoms with van der Waals surface area (Å²) in [5, 5.41) is 8.32. The second-order valence-electron chi connectivity index (χ2n) is 6.28. The Balaban J connectivity index is 1.75. The summed E-state index contributed by atoms with van der Waals surface area (Å²) in [5.74, 6) is 0.660. The van der Waals surface area contributed by atoms with E-state index in [0.29, 0.717) is 10.7 Å². The molecule has 0 unspecified atom stereocenters. The first-order valence-corrected chi connectivity index (χ1v) is 8.83. The van der Waals surface area contributed by atoms with Crippen molar-refractivity contribution in [2.45, 2.75) is 18.9 Å². The van der Waals surface area contributed by atoms with E-state index in [-0.39, 0.29) is 11.9 Å². The zero-order valence-corrected chi connectivity index (χ0v) is 15.0. The molecule has 1 amide bonds. The molecule has 1 fully saturated rings. The van der Waals surface area contributed by atoms with Gasteiger partial charge in [0.05, 0.1) is 18.5 Å². The van der Waals surface area contributed by atoms with Crippen molar-refractivity contribution in [2.24, 2.45) is 0 Å². The number of carbonyl (C=O) groups is 1. The normalized spacial score (nSPS) is 13.5. The van der Waals surface area contributed by atoms with Gasteiger partial charge < -0.3 is 10.1 Å². The van der Waals surface area contributed by atoms with Gasteiger partial charge in [0.1, 0.15) is 11.4 Å². The monoisotopic (exact) mass is 367 g/mol. The maximum Gasteiger partial charge on any atom is 0.270 e. The maximum atomic E-state index is 12.7. The van der Waals surface area contributed by atoms with E-state index < -0.39 is 0 Å². The molecule has 0 saturated heterocycles. The minimum absolute atomic E-state index is 0.116. The lowest BCUT2D eigenvalue weighted by atomic mass is 10.1. The standard InChI is InChI=1S/C20H18ClN3O2/c1-26-17-10-2-13(3-11-17)18-12-19(20(25)22-15-6-7-15)24(23-18)16-8-4-14(21)5-9-16/h2-5,8-12,15H,6-7H2,1H3,(H,22,25). The zero-order chi connectivity index (χ0) is 18.1. The van der Waals surface area contributed by atoms with E-state index in [4.69, 9.17) is 16.3 Å². The largest absolute Gasteiger partial charge is 0.497 e. The third kappa shape index (κ3) is 3.44. The van der Waals surface area contributed by atoms with E-state index in [2.05, 4.69) is 10.4 Å². The third-order valence-corrected chi connectivity index (χ3v) is 4.56. The molecule has 2 aromatic carbocycles. The number of nitrogens with one attached hydrogen (secondary N) is 1. The number of hydrogen-bond acceptors (Lipinski definition) is 3. The SMILES string of the molecule is COc1ccc(-c2cc(C(=O)NC3CC3)n(-c3ccc(Cl)cc3)n2)cc1. The second-order valence-corrected chi connectivity index (χ2v) is 6.72. The van der Waals surface area contributed by atoms with Crippen molar-refractivity contribution in [2.75, 3.05) is 7.11 Å². The van der Waals surface area contributed by atoms with Crippen molar-refractivity contribution < 1.29 is 9.53 Å². The number of hydrogen-bond donors (Lipinski definition) is 1. The summed E-state index contributed by atoms with van der Waals surface area (Å²) in [7, 11) is 1.63. The van der Waals surface area contributed by atoms with Crippen molar-refractivity contribution in [3.8, 4) is 22.7 Å². The topological polar surface area (TPSA) is 56.1 Å². The highest BCUT2D eigenvalue weighted by Gasteiger charge is 2.26. The highest BCUT2D eigenvalue weighted by Crippen LogP contribution is 2.26. The molecule has 1 aromatic heterocycles. The summed E-state index contributed by atoms with van der Waals surface area (Å²) in [5.41, 5.74) is 2.93. The zero-order valence-electron chi connectivity index (χ0n) is 14.3. The van der Waals surface area contributed by atoms with Crippen LogP contribution in [0, 0.1) is 0 Å². The van der Waals surface area contributed by atoms with Gasteiger partial charge in [0.25, 0.3) is 5.91 Å². The predicted octanol–water partition coefficient (Wildman–Crippen LogP) is 4.09. The van der Waals surface area contributed by atoms with Gasteiger partial charge in [-0.1, -0.05) is 11.6 Å². The molecule has 1 heterocycles. The fraction of sp³-hybridized carbons (Fsp3) is 0.200. The Kier molecular flexibility index (Phi) is 4.39. The smallest absolute Gasteiger partial charge is 0.270 e. The Morgan fingerprint density at radius 2 is 1.85 bits per heavy atom. The summed E-state index contributed by atoms with van der Waals surface area (Å²) in [6, 6.07) is 17.0. The molecule has 26 heavy (non-hydrogen) atoms. The molecule has 1 aliphatic rings. The lowest BCUT2D eigenvalue weighted by Gasteiger charge is -2.07. The number of amides is 1. The summed E-state index contributed by atoms with van der Waals surface area (Å²) < 4.78 is 6.86. The van der Waals surface area contributed by atoms with Gasteiger partial charge in [0.2, 0.25) is 0 Å². The molecular formula is C20H18ClN3O2. The highest BCUT2D eigenvalue weighted by molar-refractivity contribution is 6.30. The Morgan fingerprint density at radius 3 is 2.46 bits per heavy atom. The summed E-state index contributed by atoms with van der Waals surface area (Å²) >= 11 is 5.99. The average molecular weight is 368 g/mol. The van der Waals surface area contributed by atoms with Crippen LogP contribution >= 0.6 is 11.6 Å². The van der Waals surface area contributed by atoms with Crippen molar-refractivity contribution >= 4 is 17.5 Å². The molecule has 0 radical (unpaired) electrons. The van der Waals surface area contributed by atoms with Gasteiger partial charge in [-0.05, 0) is 67.4 Å². The molecule has 132 valence electrons. The fourth-order valence-electron chi connectivity index (χ4n) is 2.71. The van der Waals surface area contributed by atoms with Gasteiger partial charge in [0, 0.05) is 16.6 Å². The number of methoxy groups -OCH3 is 1. The number of aromatic nitrogens is 2. The molecule has 6 heteroatoms. The van der Waals surface area contributed by atoms with Crippen LogP contribution in [0.15, 0.2) is 54.6 Å². The molecule has 3 aromatic rings. The molecular weight excluding hydrogens is 350 g/mol. The summed E-state index contributed by atoms with van der Waals surface area (Å²) in [4.78, 5) is 12.7. The summed E-state index contributed by atoms with van der Waals surface area (Å²) in [6.07, 6.45) is 2.07. The molecule has 5 nitrogen and oxygen atoms in total. The first-order chi connectivity index (χ1) is 12.6. The highest BCUT2D eigenvalue weighted by atomic mass is 35.5. The Bertz CT molecular complexity index is 929. The number of halogens is 1. The molecule has 1 N–H and O–H groups in total. The van der Waals surface area contributed by atoms with Gasteiger partial charge in [0.15, 0.2) is 0 Å². The van der Waals surface area contributed by atoms with E-state index in [9.17, 15) is 4.79 Å². The number of ether oxygens (including phenoxy) is 1. The molecule has 0 spiro atoms. The van der Waals surface area contributed by atoms with E-state index in [1.165, 1.54) is 0 Å². The van der Waals surface area contributed by atoms with Crippen LogP contribution in [-0.4, -0.2) is 28.8 Å². The number of rotatable bonds is 5. The minimum Gasteiger partial charge on any atom is -0.497 e. The van der Waals surface area contributed by atoms with Crippen molar-refractivity contribution in [3.05, 3.63) is 65.3 Å². The molecule has 0 atom stereocenters. The van der Waals surface area contributed by atoms with E-state index in [1.807, 2.05) is 42.5 Å². The van der Waals surface area contributed by atoms with Crippen LogP contribution in [-0.2, 0) is 0 Å². The van der Waals surface area contributed by atoms with Gasteiger partial charge in [-0.2, -0.15) is 5.10 Å². The van der Waals surface area contributed by atoms with E-state index in [0.717, 1.165) is 35.5 Å². The molecule has 1 aliphatic carbocycles. The number of benzene rings is 2. The van der Waals surface area contributed by atoms with Crippen LogP contribution in [0.3, 0.4) is 0 Å². The van der Waals surface area contributed by atoms with Crippen LogP contribution in [0.5, 0.6) is 5.75 Å². The van der Waals surface area contributed by atoms with Gasteiger partial charge in [-0.15, -0.1) is 0 Å². The average Bonchev–Trinajstić information content (AvgIpc) is 3.36. The van der Waals surface area contributed by atoms with Gasteiger partial charge in [-0.3, -0.25) is 4.79 Å². The Hall–Kier alpha value is -2.79. The Morgan fingerprint density at radius 1 is 1.15 bits per heavy atom. The third-order valence-electron chi connectivity index (χ3n) is 4.31. The number of nitrogens with zero attached hydrogens (tertiary/aromatic N) is 2. The van der Waals surface area contributed by atoms with Gasteiger partial charge >= 0.3 is 0 Å². The van der Waals surface area contributed by atoms with Crippen LogP contribution in [0.25, 0.3) is 16.9 Å². The quantitative estimate of drug-likeness (QED) is 0.738. The second kappa shape index (κ2) is 6.84. The minimum atomic E-state index is -0.116. The van der Waals surface area contributed by atoms with Crippen molar-refractivity contribution in [3.63, 3.8) is 0 Å².